The van der Waals surface area contributed by atoms with Crippen molar-refractivity contribution >= 4 is 32.4 Å². The van der Waals surface area contributed by atoms with Crippen molar-refractivity contribution in [2.75, 3.05) is 26.2 Å². The zero-order valence-electron chi connectivity index (χ0n) is 23.7. The third-order valence-corrected chi connectivity index (χ3v) is 10.4. The Morgan fingerprint density at radius 2 is 1.63 bits per heavy atom. The molecule has 0 spiro atoms. The summed E-state index contributed by atoms with van der Waals surface area (Å²) in [5, 5.41) is 7.53. The lowest BCUT2D eigenvalue weighted by Gasteiger charge is -2.29. The van der Waals surface area contributed by atoms with E-state index in [0.29, 0.717) is 49.9 Å². The highest BCUT2D eigenvalue weighted by Crippen LogP contribution is 2.62. The van der Waals surface area contributed by atoms with Crippen molar-refractivity contribution in [2.24, 2.45) is 0 Å². The van der Waals surface area contributed by atoms with E-state index in [1.807, 2.05) is 0 Å². The molecule has 41 heavy (non-hydrogen) atoms. The highest BCUT2D eigenvalue weighted by Gasteiger charge is 2.44. The highest BCUT2D eigenvalue weighted by atomic mass is 32.1. The van der Waals surface area contributed by atoms with Gasteiger partial charge in [0.2, 0.25) is 13.3 Å². The topological polar surface area (TPSA) is 179 Å². The lowest BCUT2D eigenvalue weighted by molar-refractivity contribution is 0.0362. The third kappa shape index (κ3) is 9.16. The van der Waals surface area contributed by atoms with Gasteiger partial charge < -0.3 is 4.42 Å². The van der Waals surface area contributed by atoms with Gasteiger partial charge in [-0.3, -0.25) is 29.0 Å². The van der Waals surface area contributed by atoms with E-state index in [2.05, 4.69) is 36.1 Å². The molecule has 226 valence electrons. The maximum atomic E-state index is 14.0. The minimum absolute atomic E-state index is 0.113. The number of oxazole rings is 1. The van der Waals surface area contributed by atoms with Crippen molar-refractivity contribution in [1.29, 1.82) is 0 Å². The zero-order chi connectivity index (χ0) is 29.9. The predicted molar refractivity (Wildman–Crippen MR) is 155 cm³/mol. The van der Waals surface area contributed by atoms with E-state index in [9.17, 15) is 13.9 Å². The number of ketones is 1. The maximum Gasteiger partial charge on any atom is 0.509 e. The van der Waals surface area contributed by atoms with Gasteiger partial charge >= 0.3 is 7.82 Å². The first-order valence-electron chi connectivity index (χ1n) is 13.2. The van der Waals surface area contributed by atoms with E-state index in [1.165, 1.54) is 0 Å². The van der Waals surface area contributed by atoms with E-state index >= 15 is 0 Å². The van der Waals surface area contributed by atoms with Gasteiger partial charge in [0.25, 0.3) is 0 Å². The monoisotopic (exact) mass is 629 g/mol. The lowest BCUT2D eigenvalue weighted by Crippen LogP contribution is -2.29. The first-order valence-corrected chi connectivity index (χ1v) is 17.4. The average Bonchev–Trinajstić information content (AvgIpc) is 3.60. The van der Waals surface area contributed by atoms with Gasteiger partial charge in [-0.15, -0.1) is 11.3 Å². The molecule has 0 aliphatic heterocycles. The normalized spacial score (nSPS) is 13.0. The van der Waals surface area contributed by atoms with Crippen LogP contribution in [0.4, 0.5) is 0 Å². The molecule has 3 aromatic rings. The molecule has 4 N–H and O–H groups in total. The van der Waals surface area contributed by atoms with Crippen LogP contribution in [-0.4, -0.2) is 46.9 Å². The van der Waals surface area contributed by atoms with Crippen LogP contribution < -0.4 is 21.1 Å². The Kier molecular flexibility index (Phi) is 12.9. The third-order valence-electron chi connectivity index (χ3n) is 5.41. The fourth-order valence-corrected chi connectivity index (χ4v) is 8.70. The van der Waals surface area contributed by atoms with E-state index in [1.54, 1.807) is 64.5 Å². The molecule has 3 aromatic heterocycles. The molecule has 0 radical (unpaired) electrons. The number of hydrogen-bond donors (Lipinski definition) is 4. The standard InChI is InChI=1S/C24H37N7O7P2S/c1-6-26-37-40(34,38-27-7-2)36-24(39(33,28-8-3)29-9-4)23-31-20(16-41-23)21(32)11-10-19-17(5)35-22(30-19)18-12-14-25-15-13-18/h12-16,24,26-27H,6-11H2,1-5H3,(H2,28,29,33). The van der Waals surface area contributed by atoms with Crippen molar-refractivity contribution in [3.63, 3.8) is 0 Å². The number of aromatic nitrogens is 3. The van der Waals surface area contributed by atoms with E-state index < -0.39 is 21.1 Å². The van der Waals surface area contributed by atoms with Gasteiger partial charge in [0, 0.05) is 62.4 Å². The summed E-state index contributed by atoms with van der Waals surface area (Å²) in [5.41, 5.74) is 6.55. The molecule has 0 saturated carbocycles. The van der Waals surface area contributed by atoms with Gasteiger partial charge in [0.05, 0.1) is 5.69 Å². The summed E-state index contributed by atoms with van der Waals surface area (Å²) in [7, 11) is -7.95. The number of carbonyl (C=O) groups is 1. The van der Waals surface area contributed by atoms with Crippen molar-refractivity contribution in [3.05, 3.63) is 52.1 Å². The minimum atomic E-state index is -4.33. The van der Waals surface area contributed by atoms with E-state index in [-0.39, 0.29) is 22.9 Å². The molecule has 0 aromatic carbocycles. The molecule has 3 rings (SSSR count). The van der Waals surface area contributed by atoms with Gasteiger partial charge in [0.15, 0.2) is 11.6 Å². The lowest BCUT2D eigenvalue weighted by atomic mass is 10.1. The smallest absolute Gasteiger partial charge is 0.441 e. The summed E-state index contributed by atoms with van der Waals surface area (Å²) < 4.78 is 49.4. The summed E-state index contributed by atoms with van der Waals surface area (Å²) >= 11 is 1.06. The van der Waals surface area contributed by atoms with Crippen LogP contribution in [-0.2, 0) is 29.3 Å². The molecule has 17 heteroatoms. The molecule has 0 saturated heterocycles. The number of carbonyl (C=O) groups excluding carboxylic acids is 1. The quantitative estimate of drug-likeness (QED) is 0.0796. The van der Waals surface area contributed by atoms with Gasteiger partial charge in [-0.05, 0) is 19.1 Å². The number of pyridine rings is 1. The van der Waals surface area contributed by atoms with Crippen molar-refractivity contribution in [3.8, 4) is 11.5 Å². The van der Waals surface area contributed by atoms with Gasteiger partial charge in [-0.25, -0.2) is 14.5 Å². The second kappa shape index (κ2) is 15.9. The molecule has 3 heterocycles. The number of rotatable bonds is 19. The van der Waals surface area contributed by atoms with Crippen LogP contribution in [0.25, 0.3) is 11.5 Å². The average molecular weight is 630 g/mol. The van der Waals surface area contributed by atoms with Gasteiger partial charge in [-0.1, -0.05) is 27.7 Å². The first-order chi connectivity index (χ1) is 19.7. The number of hydrogen-bond acceptors (Lipinski definition) is 13. The van der Waals surface area contributed by atoms with Crippen molar-refractivity contribution in [1.82, 2.24) is 36.1 Å². The van der Waals surface area contributed by atoms with Crippen LogP contribution in [0, 0.1) is 6.92 Å². The van der Waals surface area contributed by atoms with Crippen molar-refractivity contribution in [2.45, 2.75) is 53.3 Å². The summed E-state index contributed by atoms with van der Waals surface area (Å²) in [5.74, 6) is -0.573. The molecule has 1 atom stereocenters. The maximum absolute atomic E-state index is 14.0. The number of Topliss-reactive ketones (excluding diaryl/α,β-unsaturated/α-hetero) is 1. The Morgan fingerprint density at radius 3 is 2.22 bits per heavy atom. The van der Waals surface area contributed by atoms with Gasteiger partial charge in [-0.2, -0.15) is 20.2 Å². The van der Waals surface area contributed by atoms with E-state index in [0.717, 1.165) is 16.9 Å². The SMILES string of the molecule is CCNOP(=O)(ONCC)OC(c1nc(C(=O)CCc2nc(-c3ccncc3)oc2C)cs1)P(=O)(NCC)NCC. The molecule has 14 nitrogen and oxygen atoms in total. The van der Waals surface area contributed by atoms with Crippen LogP contribution in [0.2, 0.25) is 0 Å². The minimum Gasteiger partial charge on any atom is -0.441 e. The summed E-state index contributed by atoms with van der Waals surface area (Å²) in [6.07, 6.45) is 3.75. The van der Waals surface area contributed by atoms with Crippen LogP contribution >= 0.6 is 26.6 Å². The Morgan fingerprint density at radius 1 is 1.00 bits per heavy atom. The number of nitrogens with zero attached hydrogens (tertiary/aromatic N) is 3. The Labute approximate surface area is 243 Å². The van der Waals surface area contributed by atoms with Crippen LogP contribution in [0.3, 0.4) is 0 Å². The molecule has 0 aliphatic carbocycles. The molecule has 1 unspecified atom stereocenters. The molecule has 0 fully saturated rings. The largest absolute Gasteiger partial charge is 0.509 e. The molecular formula is C24H37N7O7P2S. The second-order valence-corrected chi connectivity index (χ2v) is 13.3. The fourth-order valence-electron chi connectivity index (χ4n) is 3.60. The number of phosphoric acid groups is 1. The van der Waals surface area contributed by atoms with Gasteiger partial charge in [0.1, 0.15) is 16.5 Å². The second-order valence-electron chi connectivity index (χ2n) is 8.52. The highest BCUT2D eigenvalue weighted by molar-refractivity contribution is 7.61. The molecular weight excluding hydrogens is 592 g/mol. The molecule has 0 bridgehead atoms. The number of nitrogens with one attached hydrogen (secondary N) is 4. The summed E-state index contributed by atoms with van der Waals surface area (Å²) in [6.45, 7) is 10.0. The molecule has 0 amide bonds. The first kappa shape index (κ1) is 33.3. The van der Waals surface area contributed by atoms with Crippen LogP contribution in [0.15, 0.2) is 34.3 Å². The number of hydroxylamine groups is 2. The Balaban J connectivity index is 1.83. The van der Waals surface area contributed by atoms with Crippen LogP contribution in [0.1, 0.15) is 66.9 Å². The fraction of sp³-hybridized carbons (Fsp3) is 0.500. The Bertz CT molecular complexity index is 1330. The van der Waals surface area contributed by atoms with Crippen molar-refractivity contribution < 1.29 is 32.1 Å². The predicted octanol–water partition coefficient (Wildman–Crippen LogP) is 4.93. The summed E-state index contributed by atoms with van der Waals surface area (Å²) in [6, 6.07) is 3.58. The van der Waals surface area contributed by atoms with Crippen LogP contribution in [0.5, 0.6) is 0 Å². The number of thiazole rings is 1. The zero-order valence-corrected chi connectivity index (χ0v) is 26.3. The number of aryl methyl sites for hydroxylation is 2. The molecule has 0 aliphatic rings. The summed E-state index contributed by atoms with van der Waals surface area (Å²) in [4.78, 5) is 26.1. The van der Waals surface area contributed by atoms with E-state index in [4.69, 9.17) is 18.2 Å². The Hall–Kier alpha value is -2.16.